The van der Waals surface area contributed by atoms with E-state index in [4.69, 9.17) is 11.6 Å². The van der Waals surface area contributed by atoms with Crippen LogP contribution in [0.3, 0.4) is 0 Å². The molecule has 2 aromatic rings. The first-order valence-corrected chi connectivity index (χ1v) is 9.11. The molecule has 1 aromatic heterocycles. The minimum atomic E-state index is 0.0317. The minimum Gasteiger partial charge on any atom is -0.325 e. The van der Waals surface area contributed by atoms with Crippen LogP contribution in [0.5, 0.6) is 0 Å². The molecular formula is C18H19ClN2OS. The highest BCUT2D eigenvalue weighted by Gasteiger charge is 2.34. The first kappa shape index (κ1) is 16.3. The smallest absolute Gasteiger partial charge is 0.233 e. The van der Waals surface area contributed by atoms with Crippen molar-refractivity contribution in [2.75, 3.05) is 12.3 Å². The van der Waals surface area contributed by atoms with E-state index in [1.165, 1.54) is 0 Å². The Labute approximate surface area is 146 Å². The van der Waals surface area contributed by atoms with Gasteiger partial charge in [-0.1, -0.05) is 43.6 Å². The monoisotopic (exact) mass is 346 g/mol. The Hall–Kier alpha value is -1.52. The van der Waals surface area contributed by atoms with E-state index in [2.05, 4.69) is 24.9 Å². The average molecular weight is 347 g/mol. The molecule has 23 heavy (non-hydrogen) atoms. The Morgan fingerprint density at radius 3 is 2.74 bits per heavy atom. The Kier molecular flexibility index (Phi) is 4.93. The second-order valence-electron chi connectivity index (χ2n) is 6.05. The van der Waals surface area contributed by atoms with Gasteiger partial charge >= 0.3 is 0 Å². The van der Waals surface area contributed by atoms with Crippen molar-refractivity contribution in [1.82, 2.24) is 9.88 Å². The Bertz CT molecular complexity index is 702. The molecule has 1 aliphatic heterocycles. The van der Waals surface area contributed by atoms with Gasteiger partial charge in [0, 0.05) is 28.9 Å². The highest BCUT2D eigenvalue weighted by molar-refractivity contribution is 8.00. The molecular weight excluding hydrogens is 328 g/mol. The van der Waals surface area contributed by atoms with Gasteiger partial charge in [-0.2, -0.15) is 0 Å². The van der Waals surface area contributed by atoms with Gasteiger partial charge in [-0.05, 0) is 24.1 Å². The fraction of sp³-hybridized carbons (Fsp3) is 0.333. The number of thioether (sulfide) groups is 1. The van der Waals surface area contributed by atoms with E-state index in [9.17, 15) is 4.79 Å². The first-order valence-electron chi connectivity index (χ1n) is 7.68. The summed E-state index contributed by atoms with van der Waals surface area (Å²) in [4.78, 5) is 18.8. The van der Waals surface area contributed by atoms with Gasteiger partial charge in [-0.25, -0.2) is 0 Å². The second-order valence-corrected chi connectivity index (χ2v) is 7.56. The lowest BCUT2D eigenvalue weighted by molar-refractivity contribution is -0.128. The minimum absolute atomic E-state index is 0.0317. The lowest BCUT2D eigenvalue weighted by Crippen LogP contribution is -2.32. The molecule has 5 heteroatoms. The highest BCUT2D eigenvalue weighted by Crippen LogP contribution is 2.42. The van der Waals surface area contributed by atoms with Gasteiger partial charge in [0.25, 0.3) is 0 Å². The predicted molar refractivity (Wildman–Crippen MR) is 96.4 cm³/mol. The van der Waals surface area contributed by atoms with Crippen molar-refractivity contribution in [2.45, 2.75) is 19.2 Å². The van der Waals surface area contributed by atoms with Crippen LogP contribution in [0.25, 0.3) is 11.3 Å². The third kappa shape index (κ3) is 3.54. The van der Waals surface area contributed by atoms with E-state index in [0.717, 1.165) is 23.4 Å². The molecule has 0 saturated carbocycles. The van der Waals surface area contributed by atoms with Crippen LogP contribution >= 0.6 is 23.4 Å². The molecule has 0 N–H and O–H groups in total. The molecule has 1 unspecified atom stereocenters. The zero-order valence-corrected chi connectivity index (χ0v) is 14.8. The van der Waals surface area contributed by atoms with Crippen LogP contribution in [0.15, 0.2) is 42.6 Å². The quantitative estimate of drug-likeness (QED) is 0.809. The van der Waals surface area contributed by atoms with Crippen molar-refractivity contribution in [1.29, 1.82) is 0 Å². The zero-order chi connectivity index (χ0) is 16.4. The molecule has 0 aliphatic carbocycles. The van der Waals surface area contributed by atoms with Crippen LogP contribution < -0.4 is 0 Å². The first-order chi connectivity index (χ1) is 11.1. The third-order valence-corrected chi connectivity index (χ3v) is 5.24. The van der Waals surface area contributed by atoms with Crippen molar-refractivity contribution in [3.63, 3.8) is 0 Å². The van der Waals surface area contributed by atoms with Crippen LogP contribution in [0, 0.1) is 5.92 Å². The summed E-state index contributed by atoms with van der Waals surface area (Å²) in [6.07, 6.45) is 1.79. The number of nitrogens with zero attached hydrogens (tertiary/aromatic N) is 2. The number of pyridine rings is 1. The number of carbonyl (C=O) groups is 1. The van der Waals surface area contributed by atoms with Crippen LogP contribution in [0.1, 0.15) is 24.8 Å². The average Bonchev–Trinajstić information content (AvgIpc) is 2.88. The highest BCUT2D eigenvalue weighted by atomic mass is 35.5. The van der Waals surface area contributed by atoms with Crippen molar-refractivity contribution >= 4 is 29.3 Å². The molecule has 0 bridgehead atoms. The van der Waals surface area contributed by atoms with E-state index in [1.807, 2.05) is 35.2 Å². The summed E-state index contributed by atoms with van der Waals surface area (Å²) in [6, 6.07) is 11.7. The van der Waals surface area contributed by atoms with E-state index in [-0.39, 0.29) is 11.3 Å². The molecule has 0 spiro atoms. The van der Waals surface area contributed by atoms with Crippen LogP contribution in [-0.2, 0) is 4.79 Å². The maximum atomic E-state index is 12.3. The molecule has 1 saturated heterocycles. The topological polar surface area (TPSA) is 33.2 Å². The summed E-state index contributed by atoms with van der Waals surface area (Å²) in [5.41, 5.74) is 3.03. The number of amides is 1. The molecule has 1 fully saturated rings. The maximum Gasteiger partial charge on any atom is 0.233 e. The van der Waals surface area contributed by atoms with Gasteiger partial charge < -0.3 is 4.90 Å². The predicted octanol–water partition coefficient (Wildman–Crippen LogP) is 4.63. The van der Waals surface area contributed by atoms with Gasteiger partial charge in [-0.3, -0.25) is 9.78 Å². The Balaban J connectivity index is 1.99. The normalized spacial score (nSPS) is 18.0. The van der Waals surface area contributed by atoms with E-state index in [1.54, 1.807) is 18.0 Å². The number of benzene rings is 1. The van der Waals surface area contributed by atoms with Gasteiger partial charge in [0.05, 0.1) is 11.4 Å². The Morgan fingerprint density at radius 1 is 1.30 bits per heavy atom. The Morgan fingerprint density at radius 2 is 2.04 bits per heavy atom. The SMILES string of the molecule is CC(C)CN1C(=O)CSC1c1cccnc1-c1ccc(Cl)cc1. The number of carbonyl (C=O) groups excluding carboxylic acids is 1. The molecule has 3 rings (SSSR count). The number of hydrogen-bond donors (Lipinski definition) is 0. The van der Waals surface area contributed by atoms with Crippen molar-refractivity contribution < 1.29 is 4.79 Å². The van der Waals surface area contributed by atoms with Crippen molar-refractivity contribution in [3.8, 4) is 11.3 Å². The maximum absolute atomic E-state index is 12.3. The molecule has 2 heterocycles. The van der Waals surface area contributed by atoms with Gasteiger partial charge in [0.15, 0.2) is 0 Å². The van der Waals surface area contributed by atoms with Crippen molar-refractivity contribution in [3.05, 3.63) is 53.2 Å². The largest absolute Gasteiger partial charge is 0.325 e. The lowest BCUT2D eigenvalue weighted by atomic mass is 10.0. The molecule has 120 valence electrons. The third-order valence-electron chi connectivity index (χ3n) is 3.75. The lowest BCUT2D eigenvalue weighted by Gasteiger charge is -2.27. The molecule has 1 aliphatic rings. The molecule has 0 radical (unpaired) electrons. The van der Waals surface area contributed by atoms with Crippen LogP contribution in [0.2, 0.25) is 5.02 Å². The summed E-state index contributed by atoms with van der Waals surface area (Å²) in [6.45, 7) is 5.04. The van der Waals surface area contributed by atoms with E-state index < -0.39 is 0 Å². The summed E-state index contributed by atoms with van der Waals surface area (Å²) >= 11 is 7.66. The zero-order valence-electron chi connectivity index (χ0n) is 13.2. The standard InChI is InChI=1S/C18H19ClN2OS/c1-12(2)10-21-16(22)11-23-18(21)15-4-3-9-20-17(15)13-5-7-14(19)8-6-13/h3-9,12,18H,10-11H2,1-2H3. The molecule has 3 nitrogen and oxygen atoms in total. The van der Waals surface area contributed by atoms with Crippen LogP contribution in [0.4, 0.5) is 0 Å². The summed E-state index contributed by atoms with van der Waals surface area (Å²) in [5.74, 6) is 1.18. The number of halogens is 1. The number of hydrogen-bond acceptors (Lipinski definition) is 3. The van der Waals surface area contributed by atoms with E-state index in [0.29, 0.717) is 16.7 Å². The number of rotatable bonds is 4. The molecule has 1 amide bonds. The van der Waals surface area contributed by atoms with E-state index >= 15 is 0 Å². The van der Waals surface area contributed by atoms with Crippen LogP contribution in [-0.4, -0.2) is 28.1 Å². The number of aromatic nitrogens is 1. The molecule has 1 atom stereocenters. The van der Waals surface area contributed by atoms with Gasteiger partial charge in [0.1, 0.15) is 5.37 Å². The fourth-order valence-electron chi connectivity index (χ4n) is 2.77. The summed E-state index contributed by atoms with van der Waals surface area (Å²) in [5, 5.41) is 0.738. The summed E-state index contributed by atoms with van der Waals surface area (Å²) < 4.78 is 0. The van der Waals surface area contributed by atoms with Crippen molar-refractivity contribution in [2.24, 2.45) is 5.92 Å². The summed E-state index contributed by atoms with van der Waals surface area (Å²) in [7, 11) is 0. The molecule has 1 aromatic carbocycles. The van der Waals surface area contributed by atoms with Gasteiger partial charge in [0.2, 0.25) is 5.91 Å². The second kappa shape index (κ2) is 6.93. The van der Waals surface area contributed by atoms with Gasteiger partial charge in [-0.15, -0.1) is 11.8 Å². The fourth-order valence-corrected chi connectivity index (χ4v) is 4.11.